The van der Waals surface area contributed by atoms with E-state index in [0.717, 1.165) is 82.0 Å². The van der Waals surface area contributed by atoms with Crippen LogP contribution in [-0.2, 0) is 9.47 Å². The van der Waals surface area contributed by atoms with E-state index in [1.165, 1.54) is 0 Å². The molecule has 0 atom stereocenters. The number of likely N-dealkylation sites (N-methyl/N-ethyl adjacent to an activating group) is 1. The summed E-state index contributed by atoms with van der Waals surface area (Å²) in [6.07, 6.45) is 2.12. The quantitative estimate of drug-likeness (QED) is 0.346. The molecule has 0 bridgehead atoms. The Labute approximate surface area is 231 Å². The van der Waals surface area contributed by atoms with Crippen LogP contribution in [0.15, 0.2) is 30.3 Å². The van der Waals surface area contributed by atoms with Crippen molar-refractivity contribution in [3.8, 4) is 5.75 Å². The molecule has 39 heavy (non-hydrogen) atoms. The summed E-state index contributed by atoms with van der Waals surface area (Å²) in [6.45, 7) is 11.7. The van der Waals surface area contributed by atoms with Crippen molar-refractivity contribution in [2.75, 3.05) is 108 Å². The highest BCUT2D eigenvalue weighted by Crippen LogP contribution is 2.22. The van der Waals surface area contributed by atoms with Gasteiger partial charge < -0.3 is 39.5 Å². The number of nitrogens with zero attached hydrogens (tertiary/aromatic N) is 5. The normalized spacial score (nSPS) is 15.9. The lowest BCUT2D eigenvalue weighted by atomic mass is 10.2. The predicted octanol–water partition coefficient (Wildman–Crippen LogP) is 2.10. The van der Waals surface area contributed by atoms with Crippen molar-refractivity contribution in [2.45, 2.75) is 19.8 Å². The molecule has 214 valence electrons. The van der Waals surface area contributed by atoms with Gasteiger partial charge in [-0.15, -0.1) is 0 Å². The molecular formula is C28H43N7O4. The third-order valence-electron chi connectivity index (χ3n) is 6.79. The van der Waals surface area contributed by atoms with Crippen LogP contribution in [0.25, 0.3) is 0 Å². The van der Waals surface area contributed by atoms with Crippen LogP contribution >= 0.6 is 0 Å². The first-order valence-electron chi connectivity index (χ1n) is 14.1. The van der Waals surface area contributed by atoms with Gasteiger partial charge in [0.05, 0.1) is 33.0 Å². The van der Waals surface area contributed by atoms with E-state index in [2.05, 4.69) is 39.3 Å². The molecule has 3 heterocycles. The molecule has 2 fully saturated rings. The number of benzene rings is 1. The molecule has 2 aliphatic heterocycles. The lowest BCUT2D eigenvalue weighted by molar-refractivity contribution is 0.0950. The average Bonchev–Trinajstić information content (AvgIpc) is 2.98. The number of amides is 1. The van der Waals surface area contributed by atoms with Gasteiger partial charge in [-0.1, -0.05) is 13.3 Å². The van der Waals surface area contributed by atoms with E-state index in [0.29, 0.717) is 45.1 Å². The number of carbonyl (C=O) groups excluding carboxylic acids is 1. The number of hydrogen-bond donors (Lipinski definition) is 2. The summed E-state index contributed by atoms with van der Waals surface area (Å²) in [6, 6.07) is 9.34. The Morgan fingerprint density at radius 3 is 2.33 bits per heavy atom. The Balaban J connectivity index is 1.22. The molecule has 11 heteroatoms. The van der Waals surface area contributed by atoms with E-state index in [-0.39, 0.29) is 5.91 Å². The summed E-state index contributed by atoms with van der Waals surface area (Å²) in [7, 11) is 2.05. The highest BCUT2D eigenvalue weighted by Gasteiger charge is 2.19. The van der Waals surface area contributed by atoms with Gasteiger partial charge in [-0.25, -0.2) is 0 Å². The molecule has 0 radical (unpaired) electrons. The molecular weight excluding hydrogens is 498 g/mol. The van der Waals surface area contributed by atoms with Gasteiger partial charge in [-0.3, -0.25) is 4.79 Å². The number of hydrogen-bond acceptors (Lipinski definition) is 10. The maximum Gasteiger partial charge on any atom is 0.251 e. The highest BCUT2D eigenvalue weighted by atomic mass is 16.5. The van der Waals surface area contributed by atoms with Crippen LogP contribution < -0.4 is 25.2 Å². The molecule has 0 spiro atoms. The Kier molecular flexibility index (Phi) is 11.4. The zero-order valence-electron chi connectivity index (χ0n) is 23.4. The molecule has 0 aliphatic carbocycles. The van der Waals surface area contributed by atoms with Crippen LogP contribution in [0.1, 0.15) is 30.1 Å². The summed E-state index contributed by atoms with van der Waals surface area (Å²) in [5.74, 6) is 3.20. The topological polar surface area (TPSA) is 104 Å². The second-order valence-electron chi connectivity index (χ2n) is 9.82. The molecule has 0 unspecified atom stereocenters. The van der Waals surface area contributed by atoms with Gasteiger partial charge in [-0.05, 0) is 37.7 Å². The molecule has 2 aromatic rings. The fourth-order valence-electron chi connectivity index (χ4n) is 4.36. The maximum atomic E-state index is 12.5. The number of ether oxygens (including phenoxy) is 3. The van der Waals surface area contributed by atoms with Crippen LogP contribution in [0.3, 0.4) is 0 Å². The largest absolute Gasteiger partial charge is 0.494 e. The van der Waals surface area contributed by atoms with Gasteiger partial charge >= 0.3 is 0 Å². The summed E-state index contributed by atoms with van der Waals surface area (Å²) in [4.78, 5) is 28.8. The monoisotopic (exact) mass is 541 g/mol. The lowest BCUT2D eigenvalue weighted by Gasteiger charge is -2.31. The van der Waals surface area contributed by atoms with Crippen LogP contribution in [-0.4, -0.2) is 113 Å². The van der Waals surface area contributed by atoms with Crippen LogP contribution in [0.2, 0.25) is 0 Å². The zero-order valence-corrected chi connectivity index (χ0v) is 23.4. The van der Waals surface area contributed by atoms with Gasteiger partial charge in [0, 0.05) is 64.0 Å². The molecule has 2 saturated heterocycles. The van der Waals surface area contributed by atoms with Gasteiger partial charge in [0.1, 0.15) is 17.4 Å². The molecule has 0 saturated carbocycles. The Morgan fingerprint density at radius 1 is 0.974 bits per heavy atom. The van der Waals surface area contributed by atoms with Crippen molar-refractivity contribution in [3.05, 3.63) is 35.9 Å². The number of carbonyl (C=O) groups is 1. The van der Waals surface area contributed by atoms with Gasteiger partial charge in [0.15, 0.2) is 0 Å². The second-order valence-corrected chi connectivity index (χ2v) is 9.82. The lowest BCUT2D eigenvalue weighted by Crippen LogP contribution is -2.39. The third-order valence-corrected chi connectivity index (χ3v) is 6.79. The third kappa shape index (κ3) is 9.22. The summed E-state index contributed by atoms with van der Waals surface area (Å²) >= 11 is 0. The smallest absolute Gasteiger partial charge is 0.251 e. The SMILES string of the molecule is CCCCOc1ccc(C(=O)NCCN(C)CCNc2cc(N3CCOCC3)nc(N3CCOCC3)n2)cc1. The first-order chi connectivity index (χ1) is 19.1. The number of anilines is 3. The number of unbranched alkanes of at least 4 members (excludes halogenated alkanes) is 1. The van der Waals surface area contributed by atoms with Crippen molar-refractivity contribution in [1.29, 1.82) is 0 Å². The minimum Gasteiger partial charge on any atom is -0.494 e. The number of morpholine rings is 2. The molecule has 1 amide bonds. The van der Waals surface area contributed by atoms with Crippen LogP contribution in [0, 0.1) is 0 Å². The molecule has 1 aromatic carbocycles. The first-order valence-corrected chi connectivity index (χ1v) is 14.1. The second kappa shape index (κ2) is 15.4. The molecule has 4 rings (SSSR count). The van der Waals surface area contributed by atoms with E-state index >= 15 is 0 Å². The van der Waals surface area contributed by atoms with E-state index in [1.54, 1.807) is 0 Å². The van der Waals surface area contributed by atoms with Crippen molar-refractivity contribution in [2.24, 2.45) is 0 Å². The van der Waals surface area contributed by atoms with Crippen molar-refractivity contribution >= 4 is 23.5 Å². The molecule has 2 aliphatic rings. The molecule has 11 nitrogen and oxygen atoms in total. The van der Waals surface area contributed by atoms with E-state index in [4.69, 9.17) is 24.2 Å². The standard InChI is InChI=1S/C28H43N7O4/c1-3-4-17-39-24-7-5-23(6-8-24)27(36)30-10-12-33(2)11-9-29-25-22-26(34-13-18-37-19-14-34)32-28(31-25)35-15-20-38-21-16-35/h5-8,22H,3-4,9-21H2,1-2H3,(H,30,36)(H,29,31,32). The van der Waals surface area contributed by atoms with Crippen LogP contribution in [0.4, 0.5) is 17.6 Å². The van der Waals surface area contributed by atoms with Crippen molar-refractivity contribution in [3.63, 3.8) is 0 Å². The fraction of sp³-hybridized carbons (Fsp3) is 0.607. The van der Waals surface area contributed by atoms with E-state index in [9.17, 15) is 4.79 Å². The van der Waals surface area contributed by atoms with Gasteiger partial charge in [0.2, 0.25) is 5.95 Å². The summed E-state index contributed by atoms with van der Waals surface area (Å²) in [5.41, 5.74) is 0.637. The average molecular weight is 542 g/mol. The highest BCUT2D eigenvalue weighted by molar-refractivity contribution is 5.94. The van der Waals surface area contributed by atoms with Crippen LogP contribution in [0.5, 0.6) is 5.75 Å². The Hall–Kier alpha value is -3.15. The summed E-state index contributed by atoms with van der Waals surface area (Å²) in [5, 5.41) is 6.48. The van der Waals surface area contributed by atoms with Crippen molar-refractivity contribution in [1.82, 2.24) is 20.2 Å². The number of rotatable bonds is 14. The van der Waals surface area contributed by atoms with E-state index < -0.39 is 0 Å². The molecule has 1 aromatic heterocycles. The number of nitrogens with one attached hydrogen (secondary N) is 2. The summed E-state index contributed by atoms with van der Waals surface area (Å²) < 4.78 is 16.7. The fourth-order valence-corrected chi connectivity index (χ4v) is 4.36. The maximum absolute atomic E-state index is 12.5. The predicted molar refractivity (Wildman–Crippen MR) is 153 cm³/mol. The minimum atomic E-state index is -0.0751. The van der Waals surface area contributed by atoms with E-state index in [1.807, 2.05) is 30.3 Å². The van der Waals surface area contributed by atoms with Gasteiger partial charge in [0.25, 0.3) is 5.91 Å². The minimum absolute atomic E-state index is 0.0751. The van der Waals surface area contributed by atoms with Gasteiger partial charge in [-0.2, -0.15) is 9.97 Å². The zero-order chi connectivity index (χ0) is 27.3. The van der Waals surface area contributed by atoms with Crippen molar-refractivity contribution < 1.29 is 19.0 Å². The Morgan fingerprint density at radius 2 is 1.64 bits per heavy atom. The Bertz CT molecular complexity index is 975. The molecule has 2 N–H and O–H groups in total. The first kappa shape index (κ1) is 28.8. The number of aromatic nitrogens is 2.